The van der Waals surface area contributed by atoms with Crippen LogP contribution in [0, 0.1) is 5.92 Å². The number of hydrogen-bond acceptors (Lipinski definition) is 4. The molecule has 6 heteroatoms. The molecule has 6 nitrogen and oxygen atoms in total. The highest BCUT2D eigenvalue weighted by Gasteiger charge is 2.36. The summed E-state index contributed by atoms with van der Waals surface area (Å²) in [6.45, 7) is 5.32. The van der Waals surface area contributed by atoms with Crippen molar-refractivity contribution in [1.29, 1.82) is 0 Å². The Balaban J connectivity index is 1.46. The van der Waals surface area contributed by atoms with Crippen molar-refractivity contribution in [3.8, 4) is 0 Å². The first kappa shape index (κ1) is 17.5. The second-order valence-electron chi connectivity index (χ2n) is 7.76. The maximum Gasteiger partial charge on any atom is 0.254 e. The van der Waals surface area contributed by atoms with Crippen molar-refractivity contribution >= 4 is 11.8 Å². The lowest BCUT2D eigenvalue weighted by Gasteiger charge is -2.36. The molecule has 4 aliphatic heterocycles. The number of fused-ring (bicyclic) bond motifs is 4. The van der Waals surface area contributed by atoms with Gasteiger partial charge < -0.3 is 19.4 Å². The Kier molecular flexibility index (Phi) is 4.96. The number of nitrogens with zero attached hydrogens (tertiary/aromatic N) is 3. The zero-order valence-corrected chi connectivity index (χ0v) is 15.4. The van der Waals surface area contributed by atoms with Crippen LogP contribution >= 0.6 is 0 Å². The Bertz CT molecular complexity index is 669. The molecule has 4 saturated heterocycles. The molecule has 2 bridgehead atoms. The van der Waals surface area contributed by atoms with Crippen LogP contribution in [0.25, 0.3) is 0 Å². The Hall–Kier alpha value is -1.92. The minimum Gasteiger partial charge on any atom is -0.378 e. The summed E-state index contributed by atoms with van der Waals surface area (Å²) in [4.78, 5) is 31.8. The molecular weight excluding hydrogens is 330 g/mol. The third-order valence-electron chi connectivity index (χ3n) is 5.83. The van der Waals surface area contributed by atoms with Gasteiger partial charge in [0.15, 0.2) is 0 Å². The fraction of sp³-hybridized carbons (Fsp3) is 0.600. The van der Waals surface area contributed by atoms with Crippen LogP contribution in [0.3, 0.4) is 0 Å². The van der Waals surface area contributed by atoms with Crippen LogP contribution in [0.2, 0.25) is 0 Å². The third-order valence-corrected chi connectivity index (χ3v) is 5.83. The van der Waals surface area contributed by atoms with Crippen LogP contribution in [-0.4, -0.2) is 85.5 Å². The number of rotatable bonds is 2. The van der Waals surface area contributed by atoms with Crippen LogP contribution in [0.1, 0.15) is 33.6 Å². The predicted octanol–water partition coefficient (Wildman–Crippen LogP) is 1.33. The molecule has 2 atom stereocenters. The molecule has 0 aliphatic carbocycles. The monoisotopic (exact) mass is 357 g/mol. The van der Waals surface area contributed by atoms with Crippen LogP contribution < -0.4 is 0 Å². The SMILES string of the molecule is CN1C[C@H]2CC[C@@H](C1)N(C(=O)c1ccc(C(=O)N3CCOCC3)cc1)C2. The lowest BCUT2D eigenvalue weighted by Crippen LogP contribution is -2.47. The van der Waals surface area contributed by atoms with Crippen molar-refractivity contribution in [2.75, 3.05) is 53.0 Å². The van der Waals surface area contributed by atoms with Gasteiger partial charge in [0.2, 0.25) is 0 Å². The summed E-state index contributed by atoms with van der Waals surface area (Å²) in [7, 11) is 2.14. The summed E-state index contributed by atoms with van der Waals surface area (Å²) in [5, 5.41) is 0. The second kappa shape index (κ2) is 7.37. The van der Waals surface area contributed by atoms with Crippen LogP contribution in [0.4, 0.5) is 0 Å². The molecule has 0 saturated carbocycles. The first-order chi connectivity index (χ1) is 12.6. The number of likely N-dealkylation sites (N-methyl/N-ethyl adjacent to an activating group) is 1. The van der Waals surface area contributed by atoms with E-state index in [1.807, 2.05) is 4.90 Å². The van der Waals surface area contributed by atoms with E-state index in [0.717, 1.165) is 26.1 Å². The Morgan fingerprint density at radius 2 is 1.58 bits per heavy atom. The standard InChI is InChI=1S/C20H27N3O3/c1-21-12-15-2-7-18(14-21)23(13-15)20(25)17-5-3-16(4-6-17)19(24)22-8-10-26-11-9-22/h3-6,15,18H,2,7-14H2,1H3/t15-,18+/m1/s1. The second-order valence-corrected chi connectivity index (χ2v) is 7.76. The fourth-order valence-corrected chi connectivity index (χ4v) is 4.44. The quantitative estimate of drug-likeness (QED) is 0.801. The molecule has 0 aromatic heterocycles. The van der Waals surface area contributed by atoms with E-state index in [1.54, 1.807) is 24.3 Å². The average molecular weight is 357 g/mol. The van der Waals surface area contributed by atoms with Crippen LogP contribution in [0.15, 0.2) is 24.3 Å². The van der Waals surface area contributed by atoms with E-state index in [2.05, 4.69) is 16.8 Å². The average Bonchev–Trinajstić information content (AvgIpc) is 2.96. The van der Waals surface area contributed by atoms with E-state index in [1.165, 1.54) is 6.42 Å². The fourth-order valence-electron chi connectivity index (χ4n) is 4.44. The van der Waals surface area contributed by atoms with E-state index in [0.29, 0.717) is 49.4 Å². The zero-order chi connectivity index (χ0) is 18.1. The van der Waals surface area contributed by atoms with Gasteiger partial charge in [0.05, 0.1) is 13.2 Å². The molecule has 26 heavy (non-hydrogen) atoms. The number of carbonyl (C=O) groups excluding carboxylic acids is 2. The molecule has 0 spiro atoms. The molecule has 5 rings (SSSR count). The lowest BCUT2D eigenvalue weighted by molar-refractivity contribution is 0.0302. The van der Waals surface area contributed by atoms with Gasteiger partial charge in [-0.2, -0.15) is 0 Å². The summed E-state index contributed by atoms with van der Waals surface area (Å²) in [6, 6.07) is 7.48. The maximum atomic E-state index is 13.0. The van der Waals surface area contributed by atoms with Gasteiger partial charge in [-0.1, -0.05) is 0 Å². The molecule has 4 heterocycles. The minimum atomic E-state index is 0.0164. The van der Waals surface area contributed by atoms with Gasteiger partial charge in [-0.3, -0.25) is 9.59 Å². The van der Waals surface area contributed by atoms with Gasteiger partial charge in [-0.15, -0.1) is 0 Å². The summed E-state index contributed by atoms with van der Waals surface area (Å²) in [5.74, 6) is 0.688. The maximum absolute atomic E-state index is 13.0. The topological polar surface area (TPSA) is 53.1 Å². The van der Waals surface area contributed by atoms with Crippen molar-refractivity contribution in [3.63, 3.8) is 0 Å². The summed E-state index contributed by atoms with van der Waals surface area (Å²) < 4.78 is 5.30. The zero-order valence-electron chi connectivity index (χ0n) is 15.4. The van der Waals surface area contributed by atoms with Gasteiger partial charge in [-0.05, 0) is 50.1 Å². The molecule has 0 unspecified atom stereocenters. The first-order valence-electron chi connectivity index (χ1n) is 9.58. The number of hydrogen-bond donors (Lipinski definition) is 0. The van der Waals surface area contributed by atoms with Gasteiger partial charge >= 0.3 is 0 Å². The number of carbonyl (C=O) groups is 2. The van der Waals surface area contributed by atoms with Crippen molar-refractivity contribution in [2.45, 2.75) is 18.9 Å². The number of morpholine rings is 1. The molecule has 140 valence electrons. The third kappa shape index (κ3) is 3.48. The Labute approximate surface area is 154 Å². The van der Waals surface area contributed by atoms with Gasteiger partial charge in [0.1, 0.15) is 0 Å². The molecule has 2 amide bonds. The molecule has 1 aromatic rings. The highest BCUT2D eigenvalue weighted by atomic mass is 16.5. The minimum absolute atomic E-state index is 0.0164. The molecule has 4 aliphatic rings. The van der Waals surface area contributed by atoms with Crippen molar-refractivity contribution in [2.24, 2.45) is 5.92 Å². The summed E-state index contributed by atoms with van der Waals surface area (Å²) in [6.07, 6.45) is 2.31. The number of benzene rings is 1. The Morgan fingerprint density at radius 1 is 0.923 bits per heavy atom. The van der Waals surface area contributed by atoms with Crippen molar-refractivity contribution in [1.82, 2.24) is 14.7 Å². The van der Waals surface area contributed by atoms with E-state index in [4.69, 9.17) is 4.74 Å². The van der Waals surface area contributed by atoms with Crippen LogP contribution in [0.5, 0.6) is 0 Å². The van der Waals surface area contributed by atoms with Gasteiger partial charge in [-0.25, -0.2) is 0 Å². The molecule has 0 N–H and O–H groups in total. The predicted molar refractivity (Wildman–Crippen MR) is 98.2 cm³/mol. The number of ether oxygens (including phenoxy) is 1. The molecule has 0 radical (unpaired) electrons. The van der Waals surface area contributed by atoms with Crippen molar-refractivity contribution in [3.05, 3.63) is 35.4 Å². The number of amides is 2. The normalized spacial score (nSPS) is 26.7. The molecule has 4 fully saturated rings. The smallest absolute Gasteiger partial charge is 0.254 e. The highest BCUT2D eigenvalue weighted by molar-refractivity contribution is 5.98. The first-order valence-corrected chi connectivity index (χ1v) is 9.58. The van der Waals surface area contributed by atoms with Crippen LogP contribution in [-0.2, 0) is 4.74 Å². The molecular formula is C20H27N3O3. The summed E-state index contributed by atoms with van der Waals surface area (Å²) >= 11 is 0. The van der Waals surface area contributed by atoms with Gasteiger partial charge in [0, 0.05) is 49.9 Å². The van der Waals surface area contributed by atoms with Crippen molar-refractivity contribution < 1.29 is 14.3 Å². The number of piperidine rings is 1. The van der Waals surface area contributed by atoms with E-state index >= 15 is 0 Å². The largest absolute Gasteiger partial charge is 0.378 e. The van der Waals surface area contributed by atoms with E-state index < -0.39 is 0 Å². The summed E-state index contributed by atoms with van der Waals surface area (Å²) in [5.41, 5.74) is 1.32. The van der Waals surface area contributed by atoms with Gasteiger partial charge in [0.25, 0.3) is 11.8 Å². The highest BCUT2D eigenvalue weighted by Crippen LogP contribution is 2.28. The Morgan fingerprint density at radius 3 is 2.27 bits per heavy atom. The van der Waals surface area contributed by atoms with E-state index in [-0.39, 0.29) is 11.8 Å². The lowest BCUT2D eigenvalue weighted by atomic mass is 9.94. The molecule has 1 aromatic carbocycles. The van der Waals surface area contributed by atoms with E-state index in [9.17, 15) is 9.59 Å².